The topological polar surface area (TPSA) is 37.3 Å². The molecule has 0 bridgehead atoms. The summed E-state index contributed by atoms with van der Waals surface area (Å²) in [6.45, 7) is 7.01. The van der Waals surface area contributed by atoms with E-state index in [1.807, 2.05) is 0 Å². The van der Waals surface area contributed by atoms with Crippen molar-refractivity contribution >= 4 is 5.78 Å². The highest BCUT2D eigenvalue weighted by atomic mass is 16.3. The van der Waals surface area contributed by atoms with Crippen LogP contribution in [0.4, 0.5) is 0 Å². The van der Waals surface area contributed by atoms with Crippen molar-refractivity contribution in [3.05, 3.63) is 11.6 Å². The molecular weight excluding hydrogens is 272 g/mol. The molecule has 1 N–H and O–H groups in total. The molecule has 0 saturated heterocycles. The maximum atomic E-state index is 12.4. The molecule has 2 unspecified atom stereocenters. The molecule has 0 aliphatic heterocycles. The van der Waals surface area contributed by atoms with E-state index in [9.17, 15) is 9.90 Å². The maximum absolute atomic E-state index is 12.4. The Hall–Kier alpha value is -0.630. The summed E-state index contributed by atoms with van der Waals surface area (Å²) in [6.07, 6.45) is 9.75. The zero-order chi connectivity index (χ0) is 15.7. The van der Waals surface area contributed by atoms with Crippen LogP contribution in [0.5, 0.6) is 0 Å². The van der Waals surface area contributed by atoms with E-state index in [4.69, 9.17) is 0 Å². The minimum Gasteiger partial charge on any atom is -0.393 e. The van der Waals surface area contributed by atoms with Gasteiger partial charge in [-0.3, -0.25) is 4.79 Å². The zero-order valence-electron chi connectivity index (χ0n) is 14.3. The smallest absolute Gasteiger partial charge is 0.136 e. The van der Waals surface area contributed by atoms with Gasteiger partial charge in [0, 0.05) is 12.3 Å². The number of ketones is 1. The maximum Gasteiger partial charge on any atom is 0.136 e. The lowest BCUT2D eigenvalue weighted by Crippen LogP contribution is -2.50. The SMILES string of the molecule is CC1C(=O)C[C@H]2[C@@H]3CC=C4CC(O)CC[C@]4(C)[C@@H]3CC[C@]12C. The lowest BCUT2D eigenvalue weighted by molar-refractivity contribution is -0.121. The highest BCUT2D eigenvalue weighted by Crippen LogP contribution is 2.65. The van der Waals surface area contributed by atoms with Crippen LogP contribution >= 0.6 is 0 Å². The molecule has 0 spiro atoms. The molecule has 3 fully saturated rings. The number of hydrogen-bond acceptors (Lipinski definition) is 2. The Morgan fingerprint density at radius 3 is 2.68 bits per heavy atom. The molecule has 0 radical (unpaired) electrons. The van der Waals surface area contributed by atoms with E-state index >= 15 is 0 Å². The standard InChI is InChI=1S/C20H30O2/c1-12-18(22)11-17-15-5-4-13-10-14(21)6-8-20(13,3)16(15)7-9-19(12,17)2/h4,12,14-17,21H,5-11H2,1-3H3/t12?,14?,15-,16-,17+,19-,20+/m1/s1. The Bertz CT molecular complexity index is 536. The van der Waals surface area contributed by atoms with E-state index in [2.05, 4.69) is 26.8 Å². The van der Waals surface area contributed by atoms with Crippen molar-refractivity contribution in [2.45, 2.75) is 71.8 Å². The van der Waals surface area contributed by atoms with Crippen molar-refractivity contribution in [2.24, 2.45) is 34.5 Å². The minimum absolute atomic E-state index is 0.127. The third kappa shape index (κ3) is 1.79. The lowest BCUT2D eigenvalue weighted by atomic mass is 9.47. The Labute approximate surface area is 134 Å². The van der Waals surface area contributed by atoms with Gasteiger partial charge >= 0.3 is 0 Å². The molecule has 3 saturated carbocycles. The quantitative estimate of drug-likeness (QED) is 0.683. The van der Waals surface area contributed by atoms with E-state index in [0.717, 1.165) is 38.0 Å². The summed E-state index contributed by atoms with van der Waals surface area (Å²) in [5.74, 6) is 2.78. The third-order valence-electron chi connectivity index (χ3n) is 8.41. The first-order chi connectivity index (χ1) is 10.4. The van der Waals surface area contributed by atoms with E-state index < -0.39 is 0 Å². The van der Waals surface area contributed by atoms with Gasteiger partial charge in [0.15, 0.2) is 0 Å². The normalized spacial score (nSPS) is 54.3. The zero-order valence-corrected chi connectivity index (χ0v) is 14.3. The molecule has 0 amide bonds. The van der Waals surface area contributed by atoms with Crippen LogP contribution in [0.25, 0.3) is 0 Å². The average molecular weight is 302 g/mol. The molecule has 4 aliphatic rings. The lowest BCUT2D eigenvalue weighted by Gasteiger charge is -2.57. The molecule has 2 nitrogen and oxygen atoms in total. The molecule has 0 aromatic rings. The fraction of sp³-hybridized carbons (Fsp3) is 0.850. The van der Waals surface area contributed by atoms with Crippen LogP contribution < -0.4 is 0 Å². The highest BCUT2D eigenvalue weighted by Gasteiger charge is 2.59. The summed E-state index contributed by atoms with van der Waals surface area (Å²) in [6, 6.07) is 0. The minimum atomic E-state index is -0.127. The van der Waals surface area contributed by atoms with Gasteiger partial charge in [-0.15, -0.1) is 0 Å². The second kappa shape index (κ2) is 4.69. The monoisotopic (exact) mass is 302 g/mol. The molecule has 2 heteroatoms. The van der Waals surface area contributed by atoms with Crippen LogP contribution in [0, 0.1) is 34.5 Å². The molecular formula is C20H30O2. The Kier molecular flexibility index (Phi) is 3.18. The Morgan fingerprint density at radius 1 is 1.14 bits per heavy atom. The number of hydrogen-bond donors (Lipinski definition) is 1. The van der Waals surface area contributed by atoms with Crippen molar-refractivity contribution in [3.63, 3.8) is 0 Å². The van der Waals surface area contributed by atoms with Crippen molar-refractivity contribution in [3.8, 4) is 0 Å². The van der Waals surface area contributed by atoms with Gasteiger partial charge in [0.2, 0.25) is 0 Å². The predicted molar refractivity (Wildman–Crippen MR) is 87.3 cm³/mol. The second-order valence-electron chi connectivity index (χ2n) is 9.09. The van der Waals surface area contributed by atoms with Crippen LogP contribution in [-0.2, 0) is 4.79 Å². The first-order valence-corrected chi connectivity index (χ1v) is 9.26. The van der Waals surface area contributed by atoms with Gasteiger partial charge in [0.05, 0.1) is 6.10 Å². The number of aliphatic hydroxyl groups is 1. The van der Waals surface area contributed by atoms with Crippen molar-refractivity contribution < 1.29 is 9.90 Å². The van der Waals surface area contributed by atoms with E-state index in [1.54, 1.807) is 0 Å². The number of allylic oxidation sites excluding steroid dienone is 1. The van der Waals surface area contributed by atoms with Crippen molar-refractivity contribution in [1.82, 2.24) is 0 Å². The molecule has 4 rings (SSSR count). The number of Topliss-reactive ketones (excluding diaryl/α,β-unsaturated/α-hetero) is 1. The first-order valence-electron chi connectivity index (χ1n) is 9.26. The molecule has 0 aromatic heterocycles. The Balaban J connectivity index is 1.70. The van der Waals surface area contributed by atoms with Crippen molar-refractivity contribution in [2.75, 3.05) is 0 Å². The Morgan fingerprint density at radius 2 is 1.91 bits per heavy atom. The average Bonchev–Trinajstić information content (AvgIpc) is 2.72. The van der Waals surface area contributed by atoms with Gasteiger partial charge in [-0.05, 0) is 67.1 Å². The number of rotatable bonds is 0. The highest BCUT2D eigenvalue weighted by molar-refractivity contribution is 5.84. The fourth-order valence-corrected chi connectivity index (χ4v) is 6.67. The largest absolute Gasteiger partial charge is 0.393 e. The van der Waals surface area contributed by atoms with Crippen LogP contribution in [0.15, 0.2) is 11.6 Å². The number of carbonyl (C=O) groups is 1. The molecule has 7 atom stereocenters. The summed E-state index contributed by atoms with van der Waals surface area (Å²) in [7, 11) is 0. The first kappa shape index (κ1) is 14.9. The molecule has 0 aromatic carbocycles. The summed E-state index contributed by atoms with van der Waals surface area (Å²) < 4.78 is 0. The van der Waals surface area contributed by atoms with Gasteiger partial charge in [-0.1, -0.05) is 32.4 Å². The van der Waals surface area contributed by atoms with Crippen LogP contribution in [0.2, 0.25) is 0 Å². The van der Waals surface area contributed by atoms with E-state index in [1.165, 1.54) is 18.4 Å². The van der Waals surface area contributed by atoms with Crippen LogP contribution in [0.1, 0.15) is 65.7 Å². The van der Waals surface area contributed by atoms with Gasteiger partial charge in [-0.25, -0.2) is 0 Å². The fourth-order valence-electron chi connectivity index (χ4n) is 6.67. The summed E-state index contributed by atoms with van der Waals surface area (Å²) in [5.41, 5.74) is 2.06. The van der Waals surface area contributed by atoms with Crippen LogP contribution in [0.3, 0.4) is 0 Å². The van der Waals surface area contributed by atoms with Crippen molar-refractivity contribution in [1.29, 1.82) is 0 Å². The number of carbonyl (C=O) groups excluding carboxylic acids is 1. The number of aliphatic hydroxyl groups excluding tert-OH is 1. The second-order valence-corrected chi connectivity index (χ2v) is 9.09. The summed E-state index contributed by atoms with van der Waals surface area (Å²) >= 11 is 0. The van der Waals surface area contributed by atoms with Gasteiger partial charge < -0.3 is 5.11 Å². The summed E-state index contributed by atoms with van der Waals surface area (Å²) in [5, 5.41) is 10.0. The number of fused-ring (bicyclic) bond motifs is 5. The third-order valence-corrected chi connectivity index (χ3v) is 8.41. The van der Waals surface area contributed by atoms with E-state index in [0.29, 0.717) is 23.0 Å². The van der Waals surface area contributed by atoms with E-state index in [-0.39, 0.29) is 17.4 Å². The molecule has 22 heavy (non-hydrogen) atoms. The predicted octanol–water partition coefficient (Wildman–Crippen LogP) is 4.13. The van der Waals surface area contributed by atoms with Gasteiger partial charge in [0.25, 0.3) is 0 Å². The molecule has 122 valence electrons. The summed E-state index contributed by atoms with van der Waals surface area (Å²) in [4.78, 5) is 12.4. The molecule has 4 aliphatic carbocycles. The van der Waals surface area contributed by atoms with Crippen LogP contribution in [-0.4, -0.2) is 17.0 Å². The van der Waals surface area contributed by atoms with Gasteiger partial charge in [0.1, 0.15) is 5.78 Å². The van der Waals surface area contributed by atoms with Gasteiger partial charge in [-0.2, -0.15) is 0 Å². The molecule has 0 heterocycles.